The largest absolute Gasteiger partial charge is 0.506 e. The van der Waals surface area contributed by atoms with Crippen molar-refractivity contribution in [3.63, 3.8) is 0 Å². The molecule has 2 heterocycles. The first kappa shape index (κ1) is 11.9. The zero-order chi connectivity index (χ0) is 13.6. The molecule has 4 N–H and O–H groups in total. The number of allylic oxidation sites excluding steroid dienone is 1. The molecule has 0 saturated carbocycles. The lowest BCUT2D eigenvalue weighted by Gasteiger charge is -1.99. The fraction of sp³-hybridized carbons (Fsp3) is 0. The normalized spacial score (nSPS) is 15.1. The standard InChI is InChI=1S/C12H8N2O3S2/c13-7-4-10-5(2-9(7)15)1-6(17-10)3-8-11(16)19-12(18)14-8/h1-4,13,15-16H,(H,14,18). The lowest BCUT2D eigenvalue weighted by Crippen LogP contribution is -2.12. The van der Waals surface area contributed by atoms with Gasteiger partial charge in [0.15, 0.2) is 9.02 Å². The number of aromatic amines is 1. The van der Waals surface area contributed by atoms with Gasteiger partial charge in [0.1, 0.15) is 16.6 Å². The molecule has 1 aliphatic rings. The van der Waals surface area contributed by atoms with E-state index in [1.165, 1.54) is 12.2 Å². The molecule has 7 heteroatoms. The highest BCUT2D eigenvalue weighted by atomic mass is 32.1. The van der Waals surface area contributed by atoms with Gasteiger partial charge in [-0.05, 0) is 24.4 Å². The zero-order valence-corrected chi connectivity index (χ0v) is 11.1. The summed E-state index contributed by atoms with van der Waals surface area (Å²) in [6.07, 6.45) is 4.52. The predicted octanol–water partition coefficient (Wildman–Crippen LogP) is 1.65. The average Bonchev–Trinajstić information content (AvgIpc) is 2.83. The van der Waals surface area contributed by atoms with Gasteiger partial charge >= 0.3 is 0 Å². The third-order valence-corrected chi connectivity index (χ3v) is 3.65. The van der Waals surface area contributed by atoms with Crippen molar-refractivity contribution in [2.45, 2.75) is 0 Å². The van der Waals surface area contributed by atoms with Crippen LogP contribution in [-0.4, -0.2) is 20.9 Å². The summed E-state index contributed by atoms with van der Waals surface area (Å²) in [5.74, 6) is -0.0994. The molecule has 96 valence electrons. The summed E-state index contributed by atoms with van der Waals surface area (Å²) in [6.45, 7) is 0. The summed E-state index contributed by atoms with van der Waals surface area (Å²) in [5.41, 5.74) is 2.17. The SMILES string of the molecule is N=C1C=c2oc(=Cc3[nH]c(=S)sc3O)cc2C=C1O. The van der Waals surface area contributed by atoms with Gasteiger partial charge in [0.05, 0.1) is 11.4 Å². The van der Waals surface area contributed by atoms with Gasteiger partial charge in [-0.15, -0.1) is 0 Å². The third-order valence-electron chi connectivity index (χ3n) is 2.60. The third kappa shape index (κ3) is 2.13. The Kier molecular flexibility index (Phi) is 2.65. The van der Waals surface area contributed by atoms with Gasteiger partial charge in [-0.2, -0.15) is 0 Å². The molecule has 0 unspecified atom stereocenters. The van der Waals surface area contributed by atoms with Gasteiger partial charge in [-0.25, -0.2) is 0 Å². The second-order valence-electron chi connectivity index (χ2n) is 3.93. The Hall–Kier alpha value is -2.12. The van der Waals surface area contributed by atoms with E-state index in [-0.39, 0.29) is 16.5 Å². The maximum Gasteiger partial charge on any atom is 0.198 e. The van der Waals surface area contributed by atoms with Gasteiger partial charge in [-0.1, -0.05) is 11.3 Å². The molecule has 0 bridgehead atoms. The molecule has 0 saturated heterocycles. The number of hydrogen-bond donors (Lipinski definition) is 4. The molecule has 0 fully saturated rings. The van der Waals surface area contributed by atoms with E-state index in [4.69, 9.17) is 22.0 Å². The van der Waals surface area contributed by atoms with E-state index in [0.717, 1.165) is 11.3 Å². The first-order chi connectivity index (χ1) is 9.02. The maximum absolute atomic E-state index is 9.63. The van der Waals surface area contributed by atoms with Crippen LogP contribution in [0.3, 0.4) is 0 Å². The minimum Gasteiger partial charge on any atom is -0.506 e. The van der Waals surface area contributed by atoms with Crippen LogP contribution in [-0.2, 0) is 0 Å². The molecule has 0 atom stereocenters. The van der Waals surface area contributed by atoms with Crippen LogP contribution in [0.25, 0.3) is 18.2 Å². The molecule has 0 aliphatic heterocycles. The van der Waals surface area contributed by atoms with Gasteiger partial charge in [0.25, 0.3) is 0 Å². The van der Waals surface area contributed by atoms with Crippen LogP contribution in [0.15, 0.2) is 16.2 Å². The van der Waals surface area contributed by atoms with E-state index < -0.39 is 0 Å². The summed E-state index contributed by atoms with van der Waals surface area (Å²) in [7, 11) is 0. The lowest BCUT2D eigenvalue weighted by atomic mass is 10.1. The average molecular weight is 292 g/mol. The molecule has 0 amide bonds. The van der Waals surface area contributed by atoms with Crippen LogP contribution in [0.4, 0.5) is 0 Å². The predicted molar refractivity (Wildman–Crippen MR) is 75.5 cm³/mol. The minimum absolute atomic E-state index is 0.00573. The number of nitrogens with one attached hydrogen (secondary N) is 2. The number of rotatable bonds is 1. The van der Waals surface area contributed by atoms with Gasteiger partial charge in [-0.3, -0.25) is 5.41 Å². The van der Waals surface area contributed by atoms with Crippen molar-refractivity contribution < 1.29 is 14.6 Å². The monoisotopic (exact) mass is 292 g/mol. The van der Waals surface area contributed by atoms with Crippen LogP contribution in [0.2, 0.25) is 0 Å². The first-order valence-corrected chi connectivity index (χ1v) is 6.50. The van der Waals surface area contributed by atoms with Gasteiger partial charge in [0, 0.05) is 17.7 Å². The highest BCUT2D eigenvalue weighted by Gasteiger charge is 2.11. The van der Waals surface area contributed by atoms with Crippen molar-refractivity contribution in [2.75, 3.05) is 0 Å². The summed E-state index contributed by atoms with van der Waals surface area (Å²) in [6, 6.07) is 1.71. The Bertz CT molecular complexity index is 883. The number of aromatic nitrogens is 1. The quantitative estimate of drug-likeness (QED) is 0.601. The van der Waals surface area contributed by atoms with Crippen molar-refractivity contribution in [3.05, 3.63) is 37.9 Å². The maximum atomic E-state index is 9.63. The van der Waals surface area contributed by atoms with Crippen LogP contribution in [0.1, 0.15) is 11.3 Å². The van der Waals surface area contributed by atoms with E-state index in [2.05, 4.69) is 4.98 Å². The van der Waals surface area contributed by atoms with Gasteiger partial charge < -0.3 is 19.6 Å². The Morgan fingerprint density at radius 3 is 2.84 bits per heavy atom. The molecule has 2 aromatic rings. The van der Waals surface area contributed by atoms with Crippen molar-refractivity contribution in [3.8, 4) is 5.06 Å². The van der Waals surface area contributed by atoms with E-state index in [9.17, 15) is 10.2 Å². The summed E-state index contributed by atoms with van der Waals surface area (Å²) >= 11 is 6.00. The van der Waals surface area contributed by atoms with Crippen LogP contribution in [0, 0.1) is 9.36 Å². The fourth-order valence-electron chi connectivity index (χ4n) is 1.74. The fourth-order valence-corrected chi connectivity index (χ4v) is 2.64. The van der Waals surface area contributed by atoms with Crippen molar-refractivity contribution in [2.24, 2.45) is 0 Å². The van der Waals surface area contributed by atoms with E-state index in [1.807, 2.05) is 0 Å². The Morgan fingerprint density at radius 2 is 2.16 bits per heavy atom. The number of aliphatic hydroxyl groups is 1. The highest BCUT2D eigenvalue weighted by Crippen LogP contribution is 2.23. The molecule has 19 heavy (non-hydrogen) atoms. The molecule has 2 aromatic heterocycles. The molecular formula is C12H8N2O3S2. The Balaban J connectivity index is 2.18. The second-order valence-corrected chi connectivity index (χ2v) is 5.60. The van der Waals surface area contributed by atoms with Crippen molar-refractivity contribution in [1.82, 2.24) is 4.98 Å². The lowest BCUT2D eigenvalue weighted by molar-refractivity contribution is 0.447. The number of thiazole rings is 1. The molecule has 1 aliphatic carbocycles. The Labute approximate surface area is 116 Å². The van der Waals surface area contributed by atoms with E-state index in [0.29, 0.717) is 26.0 Å². The molecule has 0 spiro atoms. The second kappa shape index (κ2) is 4.22. The summed E-state index contributed by atoms with van der Waals surface area (Å²) in [5, 5.41) is 26.7. The number of aromatic hydroxyl groups is 1. The summed E-state index contributed by atoms with van der Waals surface area (Å²) in [4.78, 5) is 2.84. The molecule has 0 aromatic carbocycles. The smallest absolute Gasteiger partial charge is 0.198 e. The number of hydrogen-bond acceptors (Lipinski definition) is 6. The molecular weight excluding hydrogens is 284 g/mol. The van der Waals surface area contributed by atoms with Crippen LogP contribution in [0.5, 0.6) is 5.06 Å². The minimum atomic E-state index is -0.0994. The summed E-state index contributed by atoms with van der Waals surface area (Å²) < 4.78 is 6.00. The van der Waals surface area contributed by atoms with Crippen molar-refractivity contribution >= 4 is 47.5 Å². The van der Waals surface area contributed by atoms with Crippen molar-refractivity contribution in [1.29, 1.82) is 5.41 Å². The van der Waals surface area contributed by atoms with Crippen LogP contribution >= 0.6 is 23.6 Å². The topological polar surface area (TPSA) is 93.2 Å². The first-order valence-electron chi connectivity index (χ1n) is 5.28. The molecule has 5 nitrogen and oxygen atoms in total. The van der Waals surface area contributed by atoms with E-state index >= 15 is 0 Å². The molecule has 3 rings (SSSR count). The number of H-pyrrole nitrogens is 1. The number of fused-ring (bicyclic) bond motifs is 1. The van der Waals surface area contributed by atoms with Crippen LogP contribution < -0.4 is 10.8 Å². The number of furan rings is 1. The van der Waals surface area contributed by atoms with Gasteiger partial charge in [0.2, 0.25) is 0 Å². The zero-order valence-electron chi connectivity index (χ0n) is 9.43. The molecule has 0 radical (unpaired) electrons. The van der Waals surface area contributed by atoms with E-state index in [1.54, 1.807) is 12.1 Å². The Morgan fingerprint density at radius 1 is 1.37 bits per heavy atom. The highest BCUT2D eigenvalue weighted by molar-refractivity contribution is 7.73. The number of aliphatic hydroxyl groups excluding tert-OH is 1.